The molecular formula is C18H20FN3O6S. The Morgan fingerprint density at radius 3 is 2.17 bits per heavy atom. The van der Waals surface area contributed by atoms with Crippen molar-refractivity contribution in [3.05, 3.63) is 54.3 Å². The summed E-state index contributed by atoms with van der Waals surface area (Å²) in [6.45, 7) is 0.832. The molecule has 0 heterocycles. The second-order valence-electron chi connectivity index (χ2n) is 5.75. The largest absolute Gasteiger partial charge is 0.497 e. The molecule has 2 aromatic carbocycles. The molecule has 0 saturated carbocycles. The van der Waals surface area contributed by atoms with Crippen LogP contribution in [0.15, 0.2) is 53.4 Å². The number of amides is 2. The van der Waals surface area contributed by atoms with Crippen LogP contribution in [0.2, 0.25) is 0 Å². The molecule has 0 saturated heterocycles. The third-order valence-electron chi connectivity index (χ3n) is 3.61. The number of hydrazine groups is 1. The standard InChI is InChI=1S/C18H20FN3O6S/c1-12(28-15-5-3-13(19)4-6-15)18(24)22-21-17(23)11-20-29(25,26)16-9-7-14(27-2)8-10-16/h3-10,12,20H,11H2,1-2H3,(H,21,23)(H,22,24). The van der Waals surface area contributed by atoms with E-state index in [0.717, 1.165) is 0 Å². The second-order valence-corrected chi connectivity index (χ2v) is 7.52. The lowest BCUT2D eigenvalue weighted by Crippen LogP contribution is -2.50. The highest BCUT2D eigenvalue weighted by molar-refractivity contribution is 7.89. The first-order valence-corrected chi connectivity index (χ1v) is 9.84. The molecule has 0 aliphatic rings. The monoisotopic (exact) mass is 425 g/mol. The predicted octanol–water partition coefficient (Wildman–Crippen LogP) is 0.728. The minimum absolute atomic E-state index is 0.0449. The molecule has 2 amide bonds. The van der Waals surface area contributed by atoms with Crippen LogP contribution in [0.3, 0.4) is 0 Å². The maximum Gasteiger partial charge on any atom is 0.279 e. The quantitative estimate of drug-likeness (QED) is 0.536. The molecule has 2 rings (SSSR count). The Labute approximate surface area is 167 Å². The van der Waals surface area contributed by atoms with Crippen molar-refractivity contribution in [2.24, 2.45) is 0 Å². The number of carbonyl (C=O) groups excluding carboxylic acids is 2. The molecule has 3 N–H and O–H groups in total. The number of hydrogen-bond donors (Lipinski definition) is 3. The molecule has 9 nitrogen and oxygen atoms in total. The summed E-state index contributed by atoms with van der Waals surface area (Å²) in [7, 11) is -2.46. The number of rotatable bonds is 8. The van der Waals surface area contributed by atoms with Crippen molar-refractivity contribution >= 4 is 21.8 Å². The van der Waals surface area contributed by atoms with Gasteiger partial charge in [-0.2, -0.15) is 0 Å². The number of halogens is 1. The lowest BCUT2D eigenvalue weighted by atomic mass is 10.3. The molecule has 29 heavy (non-hydrogen) atoms. The van der Waals surface area contributed by atoms with E-state index < -0.39 is 40.3 Å². The maximum atomic E-state index is 12.9. The van der Waals surface area contributed by atoms with Gasteiger partial charge in [0.25, 0.3) is 11.8 Å². The Bertz CT molecular complexity index is 949. The van der Waals surface area contributed by atoms with Crippen molar-refractivity contribution in [1.29, 1.82) is 0 Å². The van der Waals surface area contributed by atoms with E-state index in [-0.39, 0.29) is 10.6 Å². The summed E-state index contributed by atoms with van der Waals surface area (Å²) in [5.74, 6) is -1.15. The van der Waals surface area contributed by atoms with Crippen molar-refractivity contribution in [1.82, 2.24) is 15.6 Å². The Morgan fingerprint density at radius 2 is 1.59 bits per heavy atom. The summed E-state index contributed by atoms with van der Waals surface area (Å²) in [5, 5.41) is 0. The number of ether oxygens (including phenoxy) is 2. The van der Waals surface area contributed by atoms with Crippen molar-refractivity contribution in [2.45, 2.75) is 17.9 Å². The fraction of sp³-hybridized carbons (Fsp3) is 0.222. The van der Waals surface area contributed by atoms with Crippen LogP contribution >= 0.6 is 0 Å². The molecule has 0 spiro atoms. The topological polar surface area (TPSA) is 123 Å². The van der Waals surface area contributed by atoms with Crippen LogP contribution in [-0.2, 0) is 19.6 Å². The molecule has 156 valence electrons. The van der Waals surface area contributed by atoms with Gasteiger partial charge in [0.1, 0.15) is 17.3 Å². The number of sulfonamides is 1. The van der Waals surface area contributed by atoms with Gasteiger partial charge in [-0.25, -0.2) is 17.5 Å². The van der Waals surface area contributed by atoms with Gasteiger partial charge in [0, 0.05) is 0 Å². The molecule has 0 aliphatic heterocycles. The van der Waals surface area contributed by atoms with Crippen molar-refractivity contribution in [3.63, 3.8) is 0 Å². The van der Waals surface area contributed by atoms with E-state index in [1.165, 1.54) is 62.6 Å². The van der Waals surface area contributed by atoms with E-state index in [9.17, 15) is 22.4 Å². The van der Waals surface area contributed by atoms with Crippen LogP contribution in [0.4, 0.5) is 4.39 Å². The van der Waals surface area contributed by atoms with Gasteiger partial charge in [0.2, 0.25) is 10.0 Å². The highest BCUT2D eigenvalue weighted by atomic mass is 32.2. The van der Waals surface area contributed by atoms with Gasteiger partial charge in [-0.1, -0.05) is 0 Å². The zero-order valence-electron chi connectivity index (χ0n) is 15.6. The first-order chi connectivity index (χ1) is 13.7. The van der Waals surface area contributed by atoms with Gasteiger partial charge < -0.3 is 9.47 Å². The summed E-state index contributed by atoms with van der Waals surface area (Å²) in [5.41, 5.74) is 4.19. The van der Waals surface area contributed by atoms with Gasteiger partial charge in [-0.3, -0.25) is 20.4 Å². The lowest BCUT2D eigenvalue weighted by molar-refractivity contribution is -0.132. The first kappa shape index (κ1) is 22.1. The van der Waals surface area contributed by atoms with Crippen LogP contribution < -0.4 is 25.0 Å². The molecule has 1 unspecified atom stereocenters. The summed E-state index contributed by atoms with van der Waals surface area (Å²) >= 11 is 0. The van der Waals surface area contributed by atoms with Crippen molar-refractivity contribution in [2.75, 3.05) is 13.7 Å². The predicted molar refractivity (Wildman–Crippen MR) is 101 cm³/mol. The van der Waals surface area contributed by atoms with Gasteiger partial charge in [-0.05, 0) is 55.5 Å². The molecule has 0 bridgehead atoms. The van der Waals surface area contributed by atoms with E-state index in [2.05, 4.69) is 15.6 Å². The van der Waals surface area contributed by atoms with Gasteiger partial charge in [-0.15, -0.1) is 0 Å². The van der Waals surface area contributed by atoms with Gasteiger partial charge >= 0.3 is 0 Å². The van der Waals surface area contributed by atoms with Crippen LogP contribution in [-0.4, -0.2) is 40.0 Å². The summed E-state index contributed by atoms with van der Waals surface area (Å²) in [6.07, 6.45) is -0.989. The normalized spacial score (nSPS) is 12.0. The fourth-order valence-corrected chi connectivity index (χ4v) is 3.03. The van der Waals surface area contributed by atoms with E-state index in [0.29, 0.717) is 5.75 Å². The lowest BCUT2D eigenvalue weighted by Gasteiger charge is -2.15. The molecule has 0 radical (unpaired) electrons. The van der Waals surface area contributed by atoms with Crippen LogP contribution in [0, 0.1) is 5.82 Å². The zero-order chi connectivity index (χ0) is 21.4. The summed E-state index contributed by atoms with van der Waals surface area (Å²) in [6, 6.07) is 10.7. The molecule has 2 aromatic rings. The minimum Gasteiger partial charge on any atom is -0.497 e. The van der Waals surface area contributed by atoms with E-state index in [1.54, 1.807) is 0 Å². The Kier molecular flexibility index (Phi) is 7.51. The van der Waals surface area contributed by atoms with Crippen molar-refractivity contribution in [3.8, 4) is 11.5 Å². The molecule has 1 atom stereocenters. The second kappa shape index (κ2) is 9.85. The highest BCUT2D eigenvalue weighted by Crippen LogP contribution is 2.15. The summed E-state index contributed by atoms with van der Waals surface area (Å²) in [4.78, 5) is 23.7. The van der Waals surface area contributed by atoms with E-state index >= 15 is 0 Å². The zero-order valence-corrected chi connectivity index (χ0v) is 16.5. The average molecular weight is 425 g/mol. The van der Waals surface area contributed by atoms with Crippen LogP contribution in [0.1, 0.15) is 6.92 Å². The van der Waals surface area contributed by atoms with Crippen LogP contribution in [0.5, 0.6) is 11.5 Å². The molecule has 0 fully saturated rings. The smallest absolute Gasteiger partial charge is 0.279 e. The number of benzene rings is 2. The fourth-order valence-electron chi connectivity index (χ4n) is 2.05. The molecule has 0 aromatic heterocycles. The average Bonchev–Trinajstić information content (AvgIpc) is 2.72. The summed E-state index contributed by atoms with van der Waals surface area (Å²) < 4.78 is 49.5. The first-order valence-electron chi connectivity index (χ1n) is 8.36. The van der Waals surface area contributed by atoms with E-state index in [1.807, 2.05) is 0 Å². The molecule has 11 heteroatoms. The van der Waals surface area contributed by atoms with Crippen LogP contribution in [0.25, 0.3) is 0 Å². The Balaban J connectivity index is 1.79. The number of carbonyl (C=O) groups is 2. The Hall–Kier alpha value is -3.18. The number of methoxy groups -OCH3 is 1. The molecule has 0 aliphatic carbocycles. The third-order valence-corrected chi connectivity index (χ3v) is 5.03. The number of nitrogens with one attached hydrogen (secondary N) is 3. The SMILES string of the molecule is COc1ccc(S(=O)(=O)NCC(=O)NNC(=O)C(C)Oc2ccc(F)cc2)cc1. The van der Waals surface area contributed by atoms with E-state index in [4.69, 9.17) is 9.47 Å². The molecular weight excluding hydrogens is 405 g/mol. The maximum absolute atomic E-state index is 12.9. The Morgan fingerprint density at radius 1 is 1.00 bits per heavy atom. The van der Waals surface area contributed by atoms with Gasteiger partial charge in [0.05, 0.1) is 18.6 Å². The number of hydrogen-bond acceptors (Lipinski definition) is 6. The highest BCUT2D eigenvalue weighted by Gasteiger charge is 2.18. The van der Waals surface area contributed by atoms with Gasteiger partial charge in [0.15, 0.2) is 6.10 Å². The van der Waals surface area contributed by atoms with Crippen molar-refractivity contribution < 1.29 is 31.9 Å². The third kappa shape index (κ3) is 6.73. The minimum atomic E-state index is -3.91.